The lowest BCUT2D eigenvalue weighted by Crippen LogP contribution is -2.42. The summed E-state index contributed by atoms with van der Waals surface area (Å²) < 4.78 is 32.6. The molecule has 1 aromatic heterocycles. The number of carbonyl (C=O) groups excluding carboxylic acids is 1. The summed E-state index contributed by atoms with van der Waals surface area (Å²) in [6.45, 7) is 0. The van der Waals surface area contributed by atoms with Gasteiger partial charge in [-0.2, -0.15) is 4.72 Å². The highest BCUT2D eigenvalue weighted by Crippen LogP contribution is 2.26. The molecule has 0 saturated carbocycles. The number of thiophene rings is 1. The van der Waals surface area contributed by atoms with E-state index in [9.17, 15) is 13.2 Å². The Hall–Kier alpha value is -1.22. The Kier molecular flexibility index (Phi) is 5.74. The fourth-order valence-corrected chi connectivity index (χ4v) is 5.06. The van der Waals surface area contributed by atoms with Crippen molar-refractivity contribution in [2.75, 3.05) is 7.11 Å². The zero-order valence-electron chi connectivity index (χ0n) is 11.7. The molecule has 118 valence electrons. The Labute approximate surface area is 141 Å². The molecular formula is C14H14BrNO4S2. The van der Waals surface area contributed by atoms with Crippen LogP contribution in [0.25, 0.3) is 0 Å². The van der Waals surface area contributed by atoms with Crippen molar-refractivity contribution in [2.24, 2.45) is 0 Å². The van der Waals surface area contributed by atoms with E-state index in [1.54, 1.807) is 6.07 Å². The molecule has 1 N–H and O–H groups in total. The Morgan fingerprint density at radius 2 is 1.95 bits per heavy atom. The van der Waals surface area contributed by atoms with Crippen LogP contribution in [0.2, 0.25) is 0 Å². The number of sulfonamides is 1. The van der Waals surface area contributed by atoms with Gasteiger partial charge in [-0.15, -0.1) is 11.3 Å². The van der Waals surface area contributed by atoms with E-state index in [4.69, 9.17) is 4.74 Å². The Morgan fingerprint density at radius 3 is 2.50 bits per heavy atom. The smallest absolute Gasteiger partial charge is 0.324 e. The second kappa shape index (κ2) is 7.36. The lowest BCUT2D eigenvalue weighted by molar-refractivity contribution is -0.142. The molecule has 0 amide bonds. The lowest BCUT2D eigenvalue weighted by atomic mass is 10.1. The molecule has 0 fully saturated rings. The minimum atomic E-state index is -3.78. The van der Waals surface area contributed by atoms with Gasteiger partial charge in [-0.05, 0) is 40.0 Å². The molecule has 0 aliphatic carbocycles. The van der Waals surface area contributed by atoms with Crippen LogP contribution in [0.3, 0.4) is 0 Å². The molecule has 0 spiro atoms. The molecule has 2 rings (SSSR count). The number of nitrogens with one attached hydrogen (secondary N) is 1. The van der Waals surface area contributed by atoms with Crippen LogP contribution < -0.4 is 4.72 Å². The van der Waals surface area contributed by atoms with Crippen LogP contribution in [0.5, 0.6) is 0 Å². The maximum absolute atomic E-state index is 12.3. The summed E-state index contributed by atoms with van der Waals surface area (Å²) in [7, 11) is -2.54. The van der Waals surface area contributed by atoms with Crippen molar-refractivity contribution in [3.63, 3.8) is 0 Å². The van der Waals surface area contributed by atoms with E-state index in [0.717, 1.165) is 16.9 Å². The number of esters is 1. The van der Waals surface area contributed by atoms with Gasteiger partial charge in [0.25, 0.3) is 10.0 Å². The zero-order valence-corrected chi connectivity index (χ0v) is 14.9. The maximum atomic E-state index is 12.3. The normalized spacial score (nSPS) is 12.8. The minimum absolute atomic E-state index is 0.140. The molecular weight excluding hydrogens is 390 g/mol. The summed E-state index contributed by atoms with van der Waals surface area (Å²) in [6, 6.07) is 11.3. The summed E-state index contributed by atoms with van der Waals surface area (Å²) in [5, 5.41) is 0. The summed E-state index contributed by atoms with van der Waals surface area (Å²) >= 11 is 4.30. The third kappa shape index (κ3) is 4.39. The van der Waals surface area contributed by atoms with E-state index in [2.05, 4.69) is 20.7 Å². The quantitative estimate of drug-likeness (QED) is 0.752. The monoisotopic (exact) mass is 403 g/mol. The number of ether oxygens (including phenoxy) is 1. The van der Waals surface area contributed by atoms with Gasteiger partial charge in [-0.3, -0.25) is 4.79 Å². The van der Waals surface area contributed by atoms with Crippen LogP contribution in [0.4, 0.5) is 0 Å². The van der Waals surface area contributed by atoms with E-state index in [1.165, 1.54) is 13.2 Å². The van der Waals surface area contributed by atoms with Gasteiger partial charge in [0.2, 0.25) is 0 Å². The Balaban J connectivity index is 2.21. The molecule has 1 heterocycles. The van der Waals surface area contributed by atoms with Gasteiger partial charge in [-0.25, -0.2) is 8.42 Å². The molecule has 0 aliphatic rings. The van der Waals surface area contributed by atoms with Gasteiger partial charge in [0, 0.05) is 0 Å². The first-order chi connectivity index (χ1) is 10.4. The van der Waals surface area contributed by atoms with Crippen LogP contribution >= 0.6 is 27.3 Å². The molecule has 8 heteroatoms. The third-order valence-electron chi connectivity index (χ3n) is 2.88. The highest BCUT2D eigenvalue weighted by molar-refractivity contribution is 9.11. The molecule has 0 bridgehead atoms. The number of halogens is 1. The van der Waals surface area contributed by atoms with Crippen molar-refractivity contribution in [2.45, 2.75) is 16.7 Å². The SMILES string of the molecule is COC(=O)C(Cc1ccccc1)NS(=O)(=O)c1ccc(Br)s1. The molecule has 1 atom stereocenters. The number of hydrogen-bond acceptors (Lipinski definition) is 5. The van der Waals surface area contributed by atoms with Gasteiger partial charge in [-0.1, -0.05) is 30.3 Å². The van der Waals surface area contributed by atoms with E-state index >= 15 is 0 Å². The van der Waals surface area contributed by atoms with Gasteiger partial charge in [0.1, 0.15) is 10.3 Å². The Morgan fingerprint density at radius 1 is 1.27 bits per heavy atom. The fraction of sp³-hybridized carbons (Fsp3) is 0.214. The van der Waals surface area contributed by atoms with Crippen molar-refractivity contribution in [3.05, 3.63) is 51.8 Å². The number of methoxy groups -OCH3 is 1. The molecule has 0 aliphatic heterocycles. The zero-order chi connectivity index (χ0) is 16.2. The molecule has 5 nitrogen and oxygen atoms in total. The highest BCUT2D eigenvalue weighted by Gasteiger charge is 2.27. The fourth-order valence-electron chi connectivity index (χ4n) is 1.85. The topological polar surface area (TPSA) is 72.5 Å². The van der Waals surface area contributed by atoms with Crippen molar-refractivity contribution >= 4 is 43.3 Å². The van der Waals surface area contributed by atoms with Gasteiger partial charge in [0.05, 0.1) is 10.9 Å². The van der Waals surface area contributed by atoms with E-state index < -0.39 is 22.0 Å². The highest BCUT2D eigenvalue weighted by atomic mass is 79.9. The van der Waals surface area contributed by atoms with Crippen LogP contribution in [0.1, 0.15) is 5.56 Å². The first-order valence-corrected chi connectivity index (χ1v) is 9.41. The van der Waals surface area contributed by atoms with E-state index in [-0.39, 0.29) is 10.6 Å². The van der Waals surface area contributed by atoms with E-state index in [0.29, 0.717) is 3.79 Å². The summed E-state index contributed by atoms with van der Waals surface area (Å²) in [4.78, 5) is 11.9. The average molecular weight is 404 g/mol. The molecule has 1 unspecified atom stereocenters. The van der Waals surface area contributed by atoms with Crippen molar-refractivity contribution < 1.29 is 17.9 Å². The van der Waals surface area contributed by atoms with E-state index in [1.807, 2.05) is 30.3 Å². The van der Waals surface area contributed by atoms with Crippen molar-refractivity contribution in [1.29, 1.82) is 0 Å². The van der Waals surface area contributed by atoms with Gasteiger partial charge >= 0.3 is 5.97 Å². The van der Waals surface area contributed by atoms with Crippen LogP contribution in [-0.2, 0) is 26.0 Å². The summed E-state index contributed by atoms with van der Waals surface area (Å²) in [6.07, 6.45) is 0.222. The predicted octanol–water partition coefficient (Wildman–Crippen LogP) is 2.57. The second-order valence-electron chi connectivity index (χ2n) is 4.45. The summed E-state index contributed by atoms with van der Waals surface area (Å²) in [5.41, 5.74) is 0.841. The molecule has 0 radical (unpaired) electrons. The molecule has 22 heavy (non-hydrogen) atoms. The second-order valence-corrected chi connectivity index (χ2v) is 8.85. The average Bonchev–Trinajstić information content (AvgIpc) is 2.94. The van der Waals surface area contributed by atoms with Gasteiger partial charge in [0.15, 0.2) is 0 Å². The van der Waals surface area contributed by atoms with Crippen LogP contribution in [0, 0.1) is 0 Å². The number of benzene rings is 1. The molecule has 2 aromatic rings. The number of hydrogen-bond donors (Lipinski definition) is 1. The molecule has 0 saturated heterocycles. The summed E-state index contributed by atoms with van der Waals surface area (Å²) in [5.74, 6) is -0.622. The Bertz CT molecular complexity index is 743. The van der Waals surface area contributed by atoms with Crippen molar-refractivity contribution in [1.82, 2.24) is 4.72 Å². The largest absolute Gasteiger partial charge is 0.468 e. The van der Waals surface area contributed by atoms with Crippen LogP contribution in [-0.4, -0.2) is 27.5 Å². The van der Waals surface area contributed by atoms with Crippen molar-refractivity contribution in [3.8, 4) is 0 Å². The number of carbonyl (C=O) groups is 1. The van der Waals surface area contributed by atoms with Gasteiger partial charge < -0.3 is 4.74 Å². The van der Waals surface area contributed by atoms with Crippen LogP contribution in [0.15, 0.2) is 50.5 Å². The first-order valence-electron chi connectivity index (χ1n) is 6.32. The third-order valence-corrected chi connectivity index (χ3v) is 6.47. The lowest BCUT2D eigenvalue weighted by Gasteiger charge is -2.16. The minimum Gasteiger partial charge on any atom is -0.468 e. The maximum Gasteiger partial charge on any atom is 0.324 e. The predicted molar refractivity (Wildman–Crippen MR) is 88.3 cm³/mol. The standard InChI is InChI=1S/C14H14BrNO4S2/c1-20-14(17)11(9-10-5-3-2-4-6-10)16-22(18,19)13-8-7-12(15)21-13/h2-8,11,16H,9H2,1H3. The molecule has 1 aromatic carbocycles. The number of rotatable bonds is 6. The first kappa shape index (κ1) is 17.1.